The van der Waals surface area contributed by atoms with Crippen molar-refractivity contribution in [3.63, 3.8) is 0 Å². The Hall–Kier alpha value is -1.59. The quantitative estimate of drug-likeness (QED) is 0.0350. The molecule has 0 aliphatic carbocycles. The molecule has 1 unspecified atom stereocenters. The van der Waals surface area contributed by atoms with E-state index in [-0.39, 0.29) is 31.1 Å². The fourth-order valence-electron chi connectivity index (χ4n) is 7.02. The summed E-state index contributed by atoms with van der Waals surface area (Å²) in [6.45, 7) is 13.7. The van der Waals surface area contributed by atoms with Crippen molar-refractivity contribution >= 4 is 17.9 Å². The molecule has 0 heterocycles. The summed E-state index contributed by atoms with van der Waals surface area (Å²) < 4.78 is 16.7. The van der Waals surface area contributed by atoms with Crippen LogP contribution in [0.2, 0.25) is 0 Å². The summed E-state index contributed by atoms with van der Waals surface area (Å²) in [6.07, 6.45) is 36.6. The first kappa shape index (κ1) is 52.4. The van der Waals surface area contributed by atoms with Gasteiger partial charge in [-0.05, 0) is 37.0 Å². The molecule has 0 aromatic rings. The molecule has 0 aliphatic rings. The fourth-order valence-corrected chi connectivity index (χ4v) is 7.02. The van der Waals surface area contributed by atoms with E-state index in [2.05, 4.69) is 41.5 Å². The smallest absolute Gasteiger partial charge is 0.306 e. The van der Waals surface area contributed by atoms with Gasteiger partial charge in [0.05, 0.1) is 0 Å². The number of unbranched alkanes of at least 4 members (excludes halogenated alkanes) is 23. The van der Waals surface area contributed by atoms with Crippen LogP contribution in [0.25, 0.3) is 0 Å². The highest BCUT2D eigenvalue weighted by atomic mass is 16.6. The standard InChI is InChI=1S/C48H92O6/c1-7-44(6)36-30-24-18-14-15-20-26-32-38-47(50)53-41-45(54-48(51)39-33-27-21-13-9-11-17-23-29-35-43(4)5)40-52-46(49)37-31-25-19-12-8-10-16-22-28-34-42(2)3/h42-45H,7-41H2,1-6H3/t44?,45-/m0/s1. The Kier molecular flexibility index (Phi) is 38.5. The van der Waals surface area contributed by atoms with Gasteiger partial charge in [0.2, 0.25) is 0 Å². The summed E-state index contributed by atoms with van der Waals surface area (Å²) in [4.78, 5) is 37.8. The minimum Gasteiger partial charge on any atom is -0.462 e. The molecule has 0 N–H and O–H groups in total. The normalized spacial score (nSPS) is 12.7. The Morgan fingerprint density at radius 1 is 0.370 bits per heavy atom. The Bertz CT molecular complexity index is 839. The maximum atomic E-state index is 12.7. The van der Waals surface area contributed by atoms with E-state index in [0.717, 1.165) is 75.5 Å². The second kappa shape index (κ2) is 39.6. The van der Waals surface area contributed by atoms with E-state index in [1.54, 1.807) is 0 Å². The summed E-state index contributed by atoms with van der Waals surface area (Å²) in [5, 5.41) is 0. The lowest BCUT2D eigenvalue weighted by Gasteiger charge is -2.18. The van der Waals surface area contributed by atoms with E-state index < -0.39 is 6.10 Å². The van der Waals surface area contributed by atoms with Crippen molar-refractivity contribution in [3.05, 3.63) is 0 Å². The van der Waals surface area contributed by atoms with Crippen molar-refractivity contribution in [2.45, 2.75) is 260 Å². The maximum absolute atomic E-state index is 12.7. The molecule has 0 amide bonds. The molecule has 0 bridgehead atoms. The van der Waals surface area contributed by atoms with E-state index in [1.165, 1.54) is 135 Å². The first-order valence-electron chi connectivity index (χ1n) is 23.6. The predicted octanol–water partition coefficient (Wildman–Crippen LogP) is 14.8. The summed E-state index contributed by atoms with van der Waals surface area (Å²) >= 11 is 0. The van der Waals surface area contributed by atoms with Gasteiger partial charge in [-0.2, -0.15) is 0 Å². The molecule has 0 spiro atoms. The van der Waals surface area contributed by atoms with Crippen LogP contribution in [0.5, 0.6) is 0 Å². The third-order valence-electron chi connectivity index (χ3n) is 11.0. The van der Waals surface area contributed by atoms with Gasteiger partial charge in [0.15, 0.2) is 6.10 Å². The Morgan fingerprint density at radius 2 is 0.648 bits per heavy atom. The number of carbonyl (C=O) groups excluding carboxylic acids is 3. The Morgan fingerprint density at radius 3 is 0.963 bits per heavy atom. The van der Waals surface area contributed by atoms with Gasteiger partial charge in [-0.1, -0.05) is 215 Å². The van der Waals surface area contributed by atoms with E-state index >= 15 is 0 Å². The van der Waals surface area contributed by atoms with Crippen molar-refractivity contribution in [2.24, 2.45) is 17.8 Å². The lowest BCUT2D eigenvalue weighted by Crippen LogP contribution is -2.30. The molecule has 0 aromatic heterocycles. The number of hydrogen-bond donors (Lipinski definition) is 0. The zero-order valence-corrected chi connectivity index (χ0v) is 37.0. The van der Waals surface area contributed by atoms with Crippen LogP contribution >= 0.6 is 0 Å². The molecule has 6 heteroatoms. The van der Waals surface area contributed by atoms with Gasteiger partial charge in [0.1, 0.15) is 13.2 Å². The van der Waals surface area contributed by atoms with Gasteiger partial charge >= 0.3 is 17.9 Å². The zero-order chi connectivity index (χ0) is 39.9. The van der Waals surface area contributed by atoms with Crippen molar-refractivity contribution in [2.75, 3.05) is 13.2 Å². The molecule has 0 saturated carbocycles. The van der Waals surface area contributed by atoms with Crippen molar-refractivity contribution < 1.29 is 28.6 Å². The summed E-state index contributed by atoms with van der Waals surface area (Å²) in [7, 11) is 0. The van der Waals surface area contributed by atoms with E-state index in [1.807, 2.05) is 0 Å². The SMILES string of the molecule is CCC(C)CCCCCCCCCCC(=O)OC[C@H](COC(=O)CCCCCCCCCCCC(C)C)OC(=O)CCCCCCCCCCCC(C)C. The molecular weight excluding hydrogens is 673 g/mol. The summed E-state index contributed by atoms with van der Waals surface area (Å²) in [5.41, 5.74) is 0. The first-order chi connectivity index (χ1) is 26.1. The second-order valence-corrected chi connectivity index (χ2v) is 17.6. The van der Waals surface area contributed by atoms with Crippen LogP contribution in [0.4, 0.5) is 0 Å². The minimum atomic E-state index is -0.762. The zero-order valence-electron chi connectivity index (χ0n) is 37.0. The lowest BCUT2D eigenvalue weighted by molar-refractivity contribution is -0.167. The molecule has 0 aliphatic heterocycles. The average molecular weight is 765 g/mol. The monoisotopic (exact) mass is 765 g/mol. The highest BCUT2D eigenvalue weighted by molar-refractivity contribution is 5.71. The van der Waals surface area contributed by atoms with Crippen LogP contribution in [0, 0.1) is 17.8 Å². The average Bonchev–Trinajstić information content (AvgIpc) is 3.14. The van der Waals surface area contributed by atoms with Crippen molar-refractivity contribution in [3.8, 4) is 0 Å². The predicted molar refractivity (Wildman–Crippen MR) is 229 cm³/mol. The van der Waals surface area contributed by atoms with Crippen LogP contribution in [0.1, 0.15) is 253 Å². The maximum Gasteiger partial charge on any atom is 0.306 e. The van der Waals surface area contributed by atoms with Crippen LogP contribution in [0.3, 0.4) is 0 Å². The number of ether oxygens (including phenoxy) is 3. The molecule has 0 saturated heterocycles. The lowest BCUT2D eigenvalue weighted by atomic mass is 9.99. The number of carbonyl (C=O) groups is 3. The third kappa shape index (κ3) is 40.1. The van der Waals surface area contributed by atoms with Gasteiger partial charge in [-0.15, -0.1) is 0 Å². The highest BCUT2D eigenvalue weighted by Gasteiger charge is 2.19. The van der Waals surface area contributed by atoms with Crippen molar-refractivity contribution in [1.29, 1.82) is 0 Å². The molecule has 54 heavy (non-hydrogen) atoms. The molecule has 0 fully saturated rings. The number of rotatable bonds is 41. The number of hydrogen-bond acceptors (Lipinski definition) is 6. The van der Waals surface area contributed by atoms with Gasteiger partial charge in [-0.25, -0.2) is 0 Å². The second-order valence-electron chi connectivity index (χ2n) is 17.6. The molecule has 0 rings (SSSR count). The van der Waals surface area contributed by atoms with Gasteiger partial charge in [0, 0.05) is 19.3 Å². The molecule has 2 atom stereocenters. The highest BCUT2D eigenvalue weighted by Crippen LogP contribution is 2.17. The van der Waals surface area contributed by atoms with Crippen molar-refractivity contribution in [1.82, 2.24) is 0 Å². The van der Waals surface area contributed by atoms with Gasteiger partial charge in [0.25, 0.3) is 0 Å². The summed E-state index contributed by atoms with van der Waals surface area (Å²) in [5.74, 6) is 1.60. The minimum absolute atomic E-state index is 0.0663. The molecule has 320 valence electrons. The Labute approximate surface area is 336 Å². The van der Waals surface area contributed by atoms with E-state index in [4.69, 9.17) is 14.2 Å². The van der Waals surface area contributed by atoms with E-state index in [9.17, 15) is 14.4 Å². The molecule has 0 radical (unpaired) electrons. The van der Waals surface area contributed by atoms with Crippen LogP contribution in [-0.2, 0) is 28.6 Å². The van der Waals surface area contributed by atoms with E-state index in [0.29, 0.717) is 19.3 Å². The molecular formula is C48H92O6. The Balaban J connectivity index is 4.36. The first-order valence-corrected chi connectivity index (χ1v) is 23.6. The topological polar surface area (TPSA) is 78.9 Å². The molecule has 0 aromatic carbocycles. The third-order valence-corrected chi connectivity index (χ3v) is 11.0. The van der Waals surface area contributed by atoms with Crippen LogP contribution in [-0.4, -0.2) is 37.2 Å². The fraction of sp³-hybridized carbons (Fsp3) is 0.938. The van der Waals surface area contributed by atoms with Gasteiger partial charge < -0.3 is 14.2 Å². The van der Waals surface area contributed by atoms with Crippen LogP contribution in [0.15, 0.2) is 0 Å². The summed E-state index contributed by atoms with van der Waals surface area (Å²) in [6, 6.07) is 0. The molecule has 6 nitrogen and oxygen atoms in total. The largest absolute Gasteiger partial charge is 0.462 e. The van der Waals surface area contributed by atoms with Crippen LogP contribution < -0.4 is 0 Å². The number of esters is 3. The van der Waals surface area contributed by atoms with Gasteiger partial charge in [-0.3, -0.25) is 14.4 Å².